The summed E-state index contributed by atoms with van der Waals surface area (Å²) in [4.78, 5) is 11.5. The zero-order valence-electron chi connectivity index (χ0n) is 13.5. The van der Waals surface area contributed by atoms with E-state index in [4.69, 9.17) is 4.99 Å². The van der Waals surface area contributed by atoms with Crippen LogP contribution in [0.2, 0.25) is 0 Å². The molecule has 0 bridgehead atoms. The molecule has 0 radical (unpaired) electrons. The lowest BCUT2D eigenvalue weighted by Crippen LogP contribution is -2.39. The molecule has 2 rings (SSSR count). The van der Waals surface area contributed by atoms with Crippen molar-refractivity contribution in [3.8, 4) is 0 Å². The van der Waals surface area contributed by atoms with Crippen LogP contribution in [0.1, 0.15) is 32.4 Å². The molecule has 0 saturated heterocycles. The maximum absolute atomic E-state index is 4.70. The number of hydrogen-bond acceptors (Lipinski definition) is 2. The zero-order chi connectivity index (χ0) is 15.9. The Morgan fingerprint density at radius 3 is 2.91 bits per heavy atom. The number of pyridine rings is 1. The summed E-state index contributed by atoms with van der Waals surface area (Å²) < 4.78 is 3.06. The molecule has 2 aromatic heterocycles. The third-order valence-corrected chi connectivity index (χ3v) is 3.87. The highest BCUT2D eigenvalue weighted by Gasteiger charge is 2.06. The SMILES string of the molecule is CCCCN(C)C(=NCc1cn2cc(Br)ccc2n1)NCC. The van der Waals surface area contributed by atoms with Crippen LogP contribution in [0.4, 0.5) is 0 Å². The molecule has 0 aliphatic heterocycles. The minimum Gasteiger partial charge on any atom is -0.357 e. The second-order valence-corrected chi connectivity index (χ2v) is 6.21. The fourth-order valence-electron chi connectivity index (χ4n) is 2.22. The Morgan fingerprint density at radius 1 is 1.36 bits per heavy atom. The molecule has 22 heavy (non-hydrogen) atoms. The van der Waals surface area contributed by atoms with Crippen molar-refractivity contribution in [2.75, 3.05) is 20.1 Å². The molecule has 2 aromatic rings. The van der Waals surface area contributed by atoms with Crippen LogP contribution in [0.25, 0.3) is 5.65 Å². The molecule has 0 aliphatic rings. The molecule has 0 saturated carbocycles. The Labute approximate surface area is 140 Å². The molecular formula is C16H24BrN5. The summed E-state index contributed by atoms with van der Waals surface area (Å²) >= 11 is 3.47. The third kappa shape index (κ3) is 4.47. The number of halogens is 1. The quantitative estimate of drug-likeness (QED) is 0.630. The van der Waals surface area contributed by atoms with E-state index in [0.29, 0.717) is 6.54 Å². The first-order valence-electron chi connectivity index (χ1n) is 7.76. The standard InChI is InChI=1S/C16H24BrN5/c1-4-6-9-21(3)16(18-5-2)19-10-14-12-22-11-13(17)7-8-15(22)20-14/h7-8,11-12H,4-6,9-10H2,1-3H3,(H,18,19). The molecule has 0 fully saturated rings. The summed E-state index contributed by atoms with van der Waals surface area (Å²) in [6.07, 6.45) is 6.39. The number of hydrogen-bond donors (Lipinski definition) is 1. The van der Waals surface area contributed by atoms with Gasteiger partial charge in [-0.2, -0.15) is 0 Å². The minimum absolute atomic E-state index is 0.581. The van der Waals surface area contributed by atoms with E-state index in [1.165, 1.54) is 12.8 Å². The van der Waals surface area contributed by atoms with Crippen molar-refractivity contribution in [1.82, 2.24) is 19.6 Å². The van der Waals surface area contributed by atoms with E-state index < -0.39 is 0 Å². The van der Waals surface area contributed by atoms with Crippen LogP contribution in [0.5, 0.6) is 0 Å². The van der Waals surface area contributed by atoms with Crippen LogP contribution in [-0.4, -0.2) is 40.4 Å². The van der Waals surface area contributed by atoms with Crippen molar-refractivity contribution in [3.05, 3.63) is 34.7 Å². The Kier molecular flexibility index (Phi) is 6.24. The Balaban J connectivity index is 2.10. The van der Waals surface area contributed by atoms with Crippen molar-refractivity contribution in [2.24, 2.45) is 4.99 Å². The Hall–Kier alpha value is -1.56. The molecule has 120 valence electrons. The highest BCUT2D eigenvalue weighted by molar-refractivity contribution is 9.10. The van der Waals surface area contributed by atoms with Gasteiger partial charge in [0.2, 0.25) is 0 Å². The fraction of sp³-hybridized carbons (Fsp3) is 0.500. The molecule has 0 amide bonds. The molecule has 0 unspecified atom stereocenters. The van der Waals surface area contributed by atoms with Crippen molar-refractivity contribution in [2.45, 2.75) is 33.2 Å². The van der Waals surface area contributed by atoms with Gasteiger partial charge in [0.25, 0.3) is 0 Å². The van der Waals surface area contributed by atoms with Gasteiger partial charge in [0, 0.05) is 37.0 Å². The second kappa shape index (κ2) is 8.17. The van der Waals surface area contributed by atoms with Crippen LogP contribution in [0, 0.1) is 0 Å². The van der Waals surface area contributed by atoms with Gasteiger partial charge < -0.3 is 14.6 Å². The van der Waals surface area contributed by atoms with Crippen LogP contribution >= 0.6 is 15.9 Å². The van der Waals surface area contributed by atoms with Gasteiger partial charge in [-0.15, -0.1) is 0 Å². The van der Waals surface area contributed by atoms with Crippen LogP contribution in [-0.2, 0) is 6.54 Å². The van der Waals surface area contributed by atoms with Gasteiger partial charge in [-0.05, 0) is 41.4 Å². The summed E-state index contributed by atoms with van der Waals surface area (Å²) in [5, 5.41) is 3.34. The van der Waals surface area contributed by atoms with Crippen molar-refractivity contribution in [3.63, 3.8) is 0 Å². The predicted octanol–water partition coefficient (Wildman–Crippen LogP) is 3.29. The maximum atomic E-state index is 4.70. The Morgan fingerprint density at radius 2 is 2.18 bits per heavy atom. The molecule has 2 heterocycles. The summed E-state index contributed by atoms with van der Waals surface area (Å²) in [5.74, 6) is 0.939. The third-order valence-electron chi connectivity index (χ3n) is 3.40. The highest BCUT2D eigenvalue weighted by atomic mass is 79.9. The number of unbranched alkanes of at least 4 members (excludes halogenated alkanes) is 1. The van der Waals surface area contributed by atoms with Gasteiger partial charge in [-0.3, -0.25) is 0 Å². The predicted molar refractivity (Wildman–Crippen MR) is 95.2 cm³/mol. The van der Waals surface area contributed by atoms with Crippen LogP contribution < -0.4 is 5.32 Å². The van der Waals surface area contributed by atoms with Gasteiger partial charge in [0.15, 0.2) is 5.96 Å². The van der Waals surface area contributed by atoms with Gasteiger partial charge in [-0.1, -0.05) is 13.3 Å². The van der Waals surface area contributed by atoms with Crippen molar-refractivity contribution >= 4 is 27.5 Å². The van der Waals surface area contributed by atoms with Crippen molar-refractivity contribution < 1.29 is 0 Å². The summed E-state index contributed by atoms with van der Waals surface area (Å²) in [6.45, 7) is 6.75. The number of fused-ring (bicyclic) bond motifs is 1. The van der Waals surface area contributed by atoms with E-state index in [1.807, 2.05) is 28.9 Å². The first-order valence-corrected chi connectivity index (χ1v) is 8.56. The zero-order valence-corrected chi connectivity index (χ0v) is 15.1. The molecule has 5 nitrogen and oxygen atoms in total. The van der Waals surface area contributed by atoms with E-state index in [2.05, 4.69) is 52.0 Å². The summed E-state index contributed by atoms with van der Waals surface area (Å²) in [5.41, 5.74) is 1.91. The number of aromatic nitrogens is 2. The number of imidazole rings is 1. The van der Waals surface area contributed by atoms with Crippen LogP contribution in [0.3, 0.4) is 0 Å². The first kappa shape index (κ1) is 16.8. The van der Waals surface area contributed by atoms with Gasteiger partial charge in [0.1, 0.15) is 5.65 Å². The minimum atomic E-state index is 0.581. The summed E-state index contributed by atoms with van der Waals surface area (Å²) in [7, 11) is 2.08. The molecule has 0 atom stereocenters. The second-order valence-electron chi connectivity index (χ2n) is 5.29. The van der Waals surface area contributed by atoms with E-state index in [-0.39, 0.29) is 0 Å². The van der Waals surface area contributed by atoms with Crippen molar-refractivity contribution in [1.29, 1.82) is 0 Å². The fourth-order valence-corrected chi connectivity index (χ4v) is 2.57. The van der Waals surface area contributed by atoms with E-state index >= 15 is 0 Å². The lowest BCUT2D eigenvalue weighted by molar-refractivity contribution is 0.464. The Bertz CT molecular complexity index is 634. The van der Waals surface area contributed by atoms with E-state index in [1.54, 1.807) is 0 Å². The van der Waals surface area contributed by atoms with E-state index in [0.717, 1.165) is 34.9 Å². The number of nitrogens with one attached hydrogen (secondary N) is 1. The molecule has 1 N–H and O–H groups in total. The monoisotopic (exact) mass is 365 g/mol. The molecule has 6 heteroatoms. The normalized spacial score (nSPS) is 11.9. The average molecular weight is 366 g/mol. The number of rotatable bonds is 6. The van der Waals surface area contributed by atoms with Gasteiger partial charge in [-0.25, -0.2) is 9.98 Å². The first-order chi connectivity index (χ1) is 10.6. The van der Waals surface area contributed by atoms with E-state index in [9.17, 15) is 0 Å². The smallest absolute Gasteiger partial charge is 0.194 e. The largest absolute Gasteiger partial charge is 0.357 e. The molecule has 0 aromatic carbocycles. The number of nitrogens with zero attached hydrogens (tertiary/aromatic N) is 4. The van der Waals surface area contributed by atoms with Crippen LogP contribution in [0.15, 0.2) is 34.0 Å². The summed E-state index contributed by atoms with van der Waals surface area (Å²) in [6, 6.07) is 3.99. The molecular weight excluding hydrogens is 342 g/mol. The molecule has 0 spiro atoms. The lowest BCUT2D eigenvalue weighted by Gasteiger charge is -2.21. The topological polar surface area (TPSA) is 44.9 Å². The average Bonchev–Trinajstić information content (AvgIpc) is 2.90. The van der Waals surface area contributed by atoms with Gasteiger partial charge >= 0.3 is 0 Å². The molecule has 0 aliphatic carbocycles. The van der Waals surface area contributed by atoms with Gasteiger partial charge in [0.05, 0.1) is 12.2 Å². The maximum Gasteiger partial charge on any atom is 0.194 e. The lowest BCUT2D eigenvalue weighted by atomic mass is 10.3. The highest BCUT2D eigenvalue weighted by Crippen LogP contribution is 2.13. The number of aliphatic imine (C=N–C) groups is 1. The number of guanidine groups is 1.